The predicted octanol–water partition coefficient (Wildman–Crippen LogP) is 4.04. The minimum atomic E-state index is -3.79. The van der Waals surface area contributed by atoms with E-state index in [1.54, 1.807) is 24.3 Å². The Hall–Kier alpha value is -1.11. The Morgan fingerprint density at radius 2 is 1.89 bits per heavy atom. The average molecular weight is 365 g/mol. The summed E-state index contributed by atoms with van der Waals surface area (Å²) in [5.41, 5.74) is 0.398. The van der Waals surface area contributed by atoms with Gasteiger partial charge in [-0.3, -0.25) is 4.72 Å². The molecule has 0 unspecified atom stereocenters. The van der Waals surface area contributed by atoms with E-state index in [-0.39, 0.29) is 9.92 Å². The van der Waals surface area contributed by atoms with Crippen LogP contribution in [0.5, 0.6) is 0 Å². The summed E-state index contributed by atoms with van der Waals surface area (Å²) < 4.78 is 40.3. The Labute approximate surface area is 123 Å². The van der Waals surface area contributed by atoms with Crippen LogP contribution in [-0.2, 0) is 10.0 Å². The van der Waals surface area contributed by atoms with Gasteiger partial charge in [-0.25, -0.2) is 12.8 Å². The molecule has 0 aliphatic carbocycles. The SMILES string of the molecule is O=S(=O)(Nc1cccc(Br)c1)c1ccc(F)c(Cl)c1. The maximum atomic E-state index is 13.0. The van der Waals surface area contributed by atoms with Crippen molar-refractivity contribution in [3.63, 3.8) is 0 Å². The second-order valence-electron chi connectivity index (χ2n) is 3.69. The maximum absolute atomic E-state index is 13.0. The molecule has 100 valence electrons. The van der Waals surface area contributed by atoms with E-state index in [1.807, 2.05) is 0 Å². The molecular formula is C12H8BrClFNO2S. The van der Waals surface area contributed by atoms with E-state index in [2.05, 4.69) is 20.7 Å². The first kappa shape index (κ1) is 14.3. The number of benzene rings is 2. The van der Waals surface area contributed by atoms with Gasteiger partial charge in [0.1, 0.15) is 5.82 Å². The second kappa shape index (κ2) is 5.48. The second-order valence-corrected chi connectivity index (χ2v) is 6.70. The summed E-state index contributed by atoms with van der Waals surface area (Å²) >= 11 is 8.81. The van der Waals surface area contributed by atoms with E-state index in [9.17, 15) is 12.8 Å². The van der Waals surface area contributed by atoms with Crippen LogP contribution in [0.15, 0.2) is 51.8 Å². The summed E-state index contributed by atoms with van der Waals surface area (Å²) in [6.07, 6.45) is 0. The summed E-state index contributed by atoms with van der Waals surface area (Å²) in [5, 5.41) is -0.239. The number of rotatable bonds is 3. The quantitative estimate of drug-likeness (QED) is 0.893. The third-order valence-corrected chi connectivity index (χ3v) is 4.44. The van der Waals surface area contributed by atoms with Crippen LogP contribution in [-0.4, -0.2) is 8.42 Å². The van der Waals surface area contributed by atoms with Crippen LogP contribution >= 0.6 is 27.5 Å². The first-order valence-corrected chi connectivity index (χ1v) is 7.77. The molecule has 0 saturated heterocycles. The van der Waals surface area contributed by atoms with Crippen LogP contribution in [0.1, 0.15) is 0 Å². The fourth-order valence-electron chi connectivity index (χ4n) is 1.41. The van der Waals surface area contributed by atoms with Crippen molar-refractivity contribution >= 4 is 43.2 Å². The molecule has 0 amide bonds. The predicted molar refractivity (Wildman–Crippen MR) is 76.4 cm³/mol. The van der Waals surface area contributed by atoms with Gasteiger partial charge >= 0.3 is 0 Å². The smallest absolute Gasteiger partial charge is 0.261 e. The zero-order valence-corrected chi connectivity index (χ0v) is 12.6. The summed E-state index contributed by atoms with van der Waals surface area (Å²) in [6, 6.07) is 9.92. The highest BCUT2D eigenvalue weighted by Crippen LogP contribution is 2.23. The number of halogens is 3. The molecule has 2 aromatic carbocycles. The van der Waals surface area contributed by atoms with Gasteiger partial charge in [-0.1, -0.05) is 33.6 Å². The monoisotopic (exact) mass is 363 g/mol. The highest BCUT2D eigenvalue weighted by molar-refractivity contribution is 9.10. The first-order valence-electron chi connectivity index (χ1n) is 5.12. The molecule has 1 N–H and O–H groups in total. The average Bonchev–Trinajstić information content (AvgIpc) is 2.32. The van der Waals surface area contributed by atoms with E-state index in [1.165, 1.54) is 0 Å². The van der Waals surface area contributed by atoms with Crippen molar-refractivity contribution < 1.29 is 12.8 Å². The lowest BCUT2D eigenvalue weighted by molar-refractivity contribution is 0.599. The molecule has 7 heteroatoms. The van der Waals surface area contributed by atoms with Crippen molar-refractivity contribution in [1.82, 2.24) is 0 Å². The maximum Gasteiger partial charge on any atom is 0.261 e. The van der Waals surface area contributed by atoms with Gasteiger partial charge in [0.15, 0.2) is 0 Å². The number of anilines is 1. The molecule has 0 aliphatic heterocycles. The summed E-state index contributed by atoms with van der Waals surface area (Å²) in [6.45, 7) is 0. The molecule has 2 aromatic rings. The number of nitrogens with one attached hydrogen (secondary N) is 1. The molecule has 0 atom stereocenters. The van der Waals surface area contributed by atoms with E-state index >= 15 is 0 Å². The molecule has 0 heterocycles. The van der Waals surface area contributed by atoms with E-state index in [4.69, 9.17) is 11.6 Å². The largest absolute Gasteiger partial charge is 0.280 e. The van der Waals surface area contributed by atoms with Crippen molar-refractivity contribution in [2.75, 3.05) is 4.72 Å². The molecule has 0 aromatic heterocycles. The van der Waals surface area contributed by atoms with Crippen LogP contribution < -0.4 is 4.72 Å². The van der Waals surface area contributed by atoms with Crippen LogP contribution in [0.4, 0.5) is 10.1 Å². The van der Waals surface area contributed by atoms with Crippen LogP contribution in [0.2, 0.25) is 5.02 Å². The van der Waals surface area contributed by atoms with Gasteiger partial charge in [0.2, 0.25) is 0 Å². The molecule has 19 heavy (non-hydrogen) atoms. The molecule has 2 rings (SSSR count). The van der Waals surface area contributed by atoms with Gasteiger partial charge in [0.05, 0.1) is 9.92 Å². The van der Waals surface area contributed by atoms with Gasteiger partial charge < -0.3 is 0 Å². The topological polar surface area (TPSA) is 46.2 Å². The standard InChI is InChI=1S/C12H8BrClFNO2S/c13-8-2-1-3-9(6-8)16-19(17,18)10-4-5-12(15)11(14)7-10/h1-7,16H. The Morgan fingerprint density at radius 1 is 1.16 bits per heavy atom. The Bertz CT molecular complexity index is 721. The molecule has 0 radical (unpaired) electrons. The fourth-order valence-corrected chi connectivity index (χ4v) is 3.13. The molecule has 0 saturated carbocycles. The molecule has 0 aliphatic rings. The number of hydrogen-bond donors (Lipinski definition) is 1. The van der Waals surface area contributed by atoms with Crippen molar-refractivity contribution in [1.29, 1.82) is 0 Å². The van der Waals surface area contributed by atoms with Crippen LogP contribution in [0.3, 0.4) is 0 Å². The van der Waals surface area contributed by atoms with Crippen molar-refractivity contribution in [2.24, 2.45) is 0 Å². The van der Waals surface area contributed by atoms with Gasteiger partial charge in [-0.2, -0.15) is 0 Å². The number of sulfonamides is 1. The Morgan fingerprint density at radius 3 is 2.53 bits per heavy atom. The van der Waals surface area contributed by atoms with Crippen LogP contribution in [0, 0.1) is 5.82 Å². The van der Waals surface area contributed by atoms with E-state index in [0.717, 1.165) is 22.7 Å². The molecule has 0 spiro atoms. The van der Waals surface area contributed by atoms with Crippen molar-refractivity contribution in [2.45, 2.75) is 4.90 Å². The molecule has 0 fully saturated rings. The minimum Gasteiger partial charge on any atom is -0.280 e. The van der Waals surface area contributed by atoms with E-state index < -0.39 is 15.8 Å². The normalized spacial score (nSPS) is 11.3. The highest BCUT2D eigenvalue weighted by atomic mass is 79.9. The number of hydrogen-bond acceptors (Lipinski definition) is 2. The van der Waals surface area contributed by atoms with Gasteiger partial charge in [0.25, 0.3) is 10.0 Å². The van der Waals surface area contributed by atoms with Gasteiger partial charge in [-0.15, -0.1) is 0 Å². The summed E-state index contributed by atoms with van der Waals surface area (Å²) in [5.74, 6) is -0.664. The van der Waals surface area contributed by atoms with Gasteiger partial charge in [-0.05, 0) is 36.4 Å². The Kier molecular flexibility index (Phi) is 4.13. The zero-order valence-electron chi connectivity index (χ0n) is 9.40. The third-order valence-electron chi connectivity index (χ3n) is 2.28. The molecular weight excluding hydrogens is 357 g/mol. The summed E-state index contributed by atoms with van der Waals surface area (Å²) in [7, 11) is -3.79. The highest BCUT2D eigenvalue weighted by Gasteiger charge is 2.16. The third kappa shape index (κ3) is 3.46. The van der Waals surface area contributed by atoms with Crippen LogP contribution in [0.25, 0.3) is 0 Å². The molecule has 3 nitrogen and oxygen atoms in total. The fraction of sp³-hybridized carbons (Fsp3) is 0. The Balaban J connectivity index is 2.35. The summed E-state index contributed by atoms with van der Waals surface area (Å²) in [4.78, 5) is -0.0983. The van der Waals surface area contributed by atoms with Gasteiger partial charge in [0, 0.05) is 10.2 Å². The molecule has 0 bridgehead atoms. The lowest BCUT2D eigenvalue weighted by atomic mass is 10.3. The van der Waals surface area contributed by atoms with Crippen molar-refractivity contribution in [3.8, 4) is 0 Å². The minimum absolute atomic E-state index is 0.0983. The lowest BCUT2D eigenvalue weighted by Crippen LogP contribution is -2.13. The van der Waals surface area contributed by atoms with E-state index in [0.29, 0.717) is 5.69 Å². The lowest BCUT2D eigenvalue weighted by Gasteiger charge is -2.08. The van der Waals surface area contributed by atoms with Crippen molar-refractivity contribution in [3.05, 3.63) is 57.8 Å². The first-order chi connectivity index (χ1) is 8.88. The zero-order chi connectivity index (χ0) is 14.0.